The number of aromatic nitrogens is 1. The van der Waals surface area contributed by atoms with Crippen molar-refractivity contribution < 1.29 is 9.53 Å². The Labute approximate surface area is 94.8 Å². The van der Waals surface area contributed by atoms with E-state index in [4.69, 9.17) is 16.2 Å². The third kappa shape index (κ3) is 3.86. The summed E-state index contributed by atoms with van der Waals surface area (Å²) in [5.74, 6) is 0.0639. The van der Waals surface area contributed by atoms with Crippen LogP contribution in [-0.2, 0) is 11.2 Å². The van der Waals surface area contributed by atoms with Crippen LogP contribution in [0.25, 0.3) is 0 Å². The smallest absolute Gasteiger partial charge is 0.255 e. The van der Waals surface area contributed by atoms with Gasteiger partial charge >= 0.3 is 0 Å². The fraction of sp³-hybridized carbons (Fsp3) is 0.455. The van der Waals surface area contributed by atoms with Crippen LogP contribution in [0, 0.1) is 6.92 Å². The van der Waals surface area contributed by atoms with E-state index >= 15 is 0 Å². The van der Waals surface area contributed by atoms with Crippen molar-refractivity contribution in [1.29, 1.82) is 0 Å². The zero-order valence-corrected chi connectivity index (χ0v) is 9.56. The Balaban J connectivity index is 2.84. The number of hydrogen-bond donors (Lipinski definition) is 2. The Hall–Kier alpha value is -1.62. The lowest BCUT2D eigenvalue weighted by molar-refractivity contribution is -0.119. The van der Waals surface area contributed by atoms with Crippen molar-refractivity contribution >= 4 is 5.91 Å². The molecule has 0 bridgehead atoms. The predicted molar refractivity (Wildman–Crippen MR) is 61.0 cm³/mol. The van der Waals surface area contributed by atoms with Gasteiger partial charge in [-0.05, 0) is 26.0 Å². The largest absolute Gasteiger partial charge is 0.482 e. The minimum absolute atomic E-state index is 0.00905. The summed E-state index contributed by atoms with van der Waals surface area (Å²) in [6.07, 6.45) is 0.607. The maximum atomic E-state index is 10.6. The zero-order chi connectivity index (χ0) is 12.1. The fourth-order valence-electron chi connectivity index (χ4n) is 1.33. The monoisotopic (exact) mass is 223 g/mol. The first-order valence-electron chi connectivity index (χ1n) is 5.12. The van der Waals surface area contributed by atoms with Crippen molar-refractivity contribution in [2.45, 2.75) is 26.3 Å². The highest BCUT2D eigenvalue weighted by Gasteiger charge is 2.09. The normalized spacial score (nSPS) is 12.2. The number of pyridine rings is 1. The lowest BCUT2D eigenvalue weighted by Crippen LogP contribution is -2.22. The van der Waals surface area contributed by atoms with Gasteiger partial charge in [0.1, 0.15) is 5.75 Å². The van der Waals surface area contributed by atoms with Crippen LogP contribution in [0.2, 0.25) is 0 Å². The molecule has 88 valence electrons. The minimum Gasteiger partial charge on any atom is -0.482 e. The number of nitrogens with two attached hydrogens (primary N) is 2. The number of carbonyl (C=O) groups is 1. The van der Waals surface area contributed by atoms with E-state index in [9.17, 15) is 4.79 Å². The second kappa shape index (κ2) is 5.46. The third-order valence-electron chi connectivity index (χ3n) is 1.96. The van der Waals surface area contributed by atoms with Gasteiger partial charge in [0.25, 0.3) is 5.91 Å². The van der Waals surface area contributed by atoms with E-state index in [1.54, 1.807) is 6.07 Å². The van der Waals surface area contributed by atoms with Crippen molar-refractivity contribution in [3.05, 3.63) is 23.5 Å². The molecule has 5 nitrogen and oxygen atoms in total. The molecule has 0 fully saturated rings. The number of aryl methyl sites for hydroxylation is 1. The van der Waals surface area contributed by atoms with Gasteiger partial charge < -0.3 is 16.2 Å². The summed E-state index contributed by atoms with van der Waals surface area (Å²) in [6.45, 7) is 3.64. The van der Waals surface area contributed by atoms with Gasteiger partial charge in [-0.2, -0.15) is 0 Å². The zero-order valence-electron chi connectivity index (χ0n) is 9.56. The van der Waals surface area contributed by atoms with Crippen LogP contribution in [0.4, 0.5) is 0 Å². The van der Waals surface area contributed by atoms with Gasteiger partial charge in [0, 0.05) is 18.2 Å². The molecule has 1 unspecified atom stereocenters. The summed E-state index contributed by atoms with van der Waals surface area (Å²) < 4.78 is 5.26. The number of carbonyl (C=O) groups excluding carboxylic acids is 1. The van der Waals surface area contributed by atoms with E-state index in [2.05, 4.69) is 4.98 Å². The average molecular weight is 223 g/mol. The number of amides is 1. The highest BCUT2D eigenvalue weighted by atomic mass is 16.5. The molecule has 0 aliphatic heterocycles. The van der Waals surface area contributed by atoms with Crippen molar-refractivity contribution in [3.8, 4) is 5.75 Å². The second-order valence-electron chi connectivity index (χ2n) is 3.83. The van der Waals surface area contributed by atoms with E-state index < -0.39 is 5.91 Å². The molecule has 0 aromatic carbocycles. The summed E-state index contributed by atoms with van der Waals surface area (Å²) in [5, 5.41) is 0. The molecule has 0 radical (unpaired) electrons. The molecule has 0 saturated heterocycles. The lowest BCUT2D eigenvalue weighted by atomic mass is 10.1. The molecule has 1 aromatic rings. The molecule has 0 spiro atoms. The Morgan fingerprint density at radius 1 is 1.56 bits per heavy atom. The van der Waals surface area contributed by atoms with Crippen LogP contribution < -0.4 is 16.2 Å². The van der Waals surface area contributed by atoms with E-state index in [0.717, 1.165) is 11.4 Å². The van der Waals surface area contributed by atoms with E-state index in [1.165, 1.54) is 0 Å². The molecule has 16 heavy (non-hydrogen) atoms. The van der Waals surface area contributed by atoms with Crippen LogP contribution in [0.5, 0.6) is 5.75 Å². The Morgan fingerprint density at radius 2 is 2.25 bits per heavy atom. The third-order valence-corrected chi connectivity index (χ3v) is 1.96. The Morgan fingerprint density at radius 3 is 2.81 bits per heavy atom. The molecule has 1 aromatic heterocycles. The van der Waals surface area contributed by atoms with Crippen molar-refractivity contribution in [3.63, 3.8) is 0 Å². The average Bonchev–Trinajstić information content (AvgIpc) is 2.15. The molecular formula is C11H17N3O2. The van der Waals surface area contributed by atoms with Crippen LogP contribution in [0.1, 0.15) is 18.3 Å². The van der Waals surface area contributed by atoms with Crippen LogP contribution >= 0.6 is 0 Å². The topological polar surface area (TPSA) is 91.2 Å². The molecule has 1 atom stereocenters. The first-order valence-corrected chi connectivity index (χ1v) is 5.12. The van der Waals surface area contributed by atoms with E-state index in [0.29, 0.717) is 12.2 Å². The second-order valence-corrected chi connectivity index (χ2v) is 3.83. The number of ether oxygens (including phenoxy) is 1. The Bertz CT molecular complexity index is 377. The molecule has 1 heterocycles. The summed E-state index contributed by atoms with van der Waals surface area (Å²) >= 11 is 0. The van der Waals surface area contributed by atoms with Crippen molar-refractivity contribution in [2.75, 3.05) is 6.61 Å². The molecule has 0 aliphatic rings. The van der Waals surface area contributed by atoms with Gasteiger partial charge in [-0.25, -0.2) is 0 Å². The minimum atomic E-state index is -0.507. The maximum absolute atomic E-state index is 10.6. The van der Waals surface area contributed by atoms with Crippen LogP contribution in [0.3, 0.4) is 0 Å². The van der Waals surface area contributed by atoms with Crippen molar-refractivity contribution in [2.24, 2.45) is 11.5 Å². The molecular weight excluding hydrogens is 206 g/mol. The Kier molecular flexibility index (Phi) is 4.25. The van der Waals surface area contributed by atoms with Crippen molar-refractivity contribution in [1.82, 2.24) is 4.98 Å². The molecule has 4 N–H and O–H groups in total. The molecule has 0 aliphatic carbocycles. The molecule has 1 amide bonds. The fourth-order valence-corrected chi connectivity index (χ4v) is 1.33. The highest BCUT2D eigenvalue weighted by molar-refractivity contribution is 5.75. The van der Waals surface area contributed by atoms with Gasteiger partial charge in [-0.1, -0.05) is 0 Å². The summed E-state index contributed by atoms with van der Waals surface area (Å²) in [4.78, 5) is 15.0. The first-order chi connectivity index (χ1) is 7.49. The van der Waals surface area contributed by atoms with Crippen LogP contribution in [0.15, 0.2) is 12.1 Å². The van der Waals surface area contributed by atoms with E-state index in [1.807, 2.05) is 19.9 Å². The van der Waals surface area contributed by atoms with Gasteiger partial charge in [-0.15, -0.1) is 0 Å². The first kappa shape index (κ1) is 12.4. The van der Waals surface area contributed by atoms with Gasteiger partial charge in [0.15, 0.2) is 6.61 Å². The van der Waals surface area contributed by atoms with Gasteiger partial charge in [-0.3, -0.25) is 9.78 Å². The number of hydrogen-bond acceptors (Lipinski definition) is 4. The predicted octanol–water partition coefficient (Wildman–Crippen LogP) is 0.144. The van der Waals surface area contributed by atoms with Crippen LogP contribution in [-0.4, -0.2) is 23.5 Å². The SMILES string of the molecule is Cc1ccc(OCC(N)=O)c(CC(C)N)n1. The molecule has 1 rings (SSSR count). The molecule has 0 saturated carbocycles. The van der Waals surface area contributed by atoms with Gasteiger partial charge in [0.2, 0.25) is 0 Å². The summed E-state index contributed by atoms with van der Waals surface area (Å²) in [5.41, 5.74) is 12.4. The number of primary amides is 1. The van der Waals surface area contributed by atoms with E-state index in [-0.39, 0.29) is 12.6 Å². The highest BCUT2D eigenvalue weighted by Crippen LogP contribution is 2.18. The number of rotatable bonds is 5. The summed E-state index contributed by atoms with van der Waals surface area (Å²) in [6, 6.07) is 3.59. The molecule has 5 heteroatoms. The number of nitrogens with zero attached hydrogens (tertiary/aromatic N) is 1. The maximum Gasteiger partial charge on any atom is 0.255 e. The van der Waals surface area contributed by atoms with Gasteiger partial charge in [0.05, 0.1) is 5.69 Å². The summed E-state index contributed by atoms with van der Waals surface area (Å²) in [7, 11) is 0. The standard InChI is InChI=1S/C11H17N3O2/c1-7(12)5-9-10(16-6-11(13)15)4-3-8(2)14-9/h3-4,7H,5-6,12H2,1-2H3,(H2,13,15). The quantitative estimate of drug-likeness (QED) is 0.743. The lowest BCUT2D eigenvalue weighted by Gasteiger charge is -2.11.